The van der Waals surface area contributed by atoms with E-state index in [9.17, 15) is 13.2 Å². The van der Waals surface area contributed by atoms with Crippen LogP contribution in [-0.4, -0.2) is 40.5 Å². The van der Waals surface area contributed by atoms with Crippen LogP contribution >= 0.6 is 11.8 Å². The zero-order valence-electron chi connectivity index (χ0n) is 15.5. The molecule has 1 aliphatic carbocycles. The summed E-state index contributed by atoms with van der Waals surface area (Å²) >= 11 is 2.05. The predicted molar refractivity (Wildman–Crippen MR) is 102 cm³/mol. The van der Waals surface area contributed by atoms with Crippen LogP contribution in [0, 0.1) is 5.92 Å². The molecule has 3 rings (SSSR count). The second kappa shape index (κ2) is 8.96. The summed E-state index contributed by atoms with van der Waals surface area (Å²) in [5.41, 5.74) is 0.173. The van der Waals surface area contributed by atoms with Crippen molar-refractivity contribution in [3.05, 3.63) is 29.6 Å². The molecule has 26 heavy (non-hydrogen) atoms. The molecule has 6 heteroatoms. The largest absolute Gasteiger partial charge is 0.417 e. The van der Waals surface area contributed by atoms with Crippen molar-refractivity contribution in [3.8, 4) is 0 Å². The van der Waals surface area contributed by atoms with Crippen LogP contribution < -0.4 is 0 Å². The summed E-state index contributed by atoms with van der Waals surface area (Å²) < 4.78 is 38.0. The Morgan fingerprint density at radius 3 is 2.54 bits per heavy atom. The fraction of sp³-hybridized carbons (Fsp3) is 0.750. The standard InChI is InChI=1S/C20H29F3N2S/c1-2-26-14-15-4-3-11-25(13-15)18-8-5-16(6-9-18)19-10-7-17(12-24-19)20(21,22)23/h7,10,12,15-16,18H,2-6,8-9,11,13-14H2,1H3. The van der Waals surface area contributed by atoms with Gasteiger partial charge in [0.2, 0.25) is 0 Å². The molecule has 2 aliphatic rings. The molecule has 2 fully saturated rings. The van der Waals surface area contributed by atoms with Crippen LogP contribution in [-0.2, 0) is 6.18 Å². The second-order valence-corrected chi connectivity index (χ2v) is 8.96. The fourth-order valence-corrected chi connectivity index (χ4v) is 5.24. The number of halogens is 3. The zero-order chi connectivity index (χ0) is 18.6. The molecule has 0 amide bonds. The fourth-order valence-electron chi connectivity index (χ4n) is 4.40. The molecule has 0 N–H and O–H groups in total. The summed E-state index contributed by atoms with van der Waals surface area (Å²) in [4.78, 5) is 6.80. The Bertz CT molecular complexity index is 553. The van der Waals surface area contributed by atoms with E-state index in [1.165, 1.54) is 43.5 Å². The van der Waals surface area contributed by atoms with Gasteiger partial charge in [0.25, 0.3) is 0 Å². The summed E-state index contributed by atoms with van der Waals surface area (Å²) in [6, 6.07) is 3.40. The minimum absolute atomic E-state index is 0.310. The van der Waals surface area contributed by atoms with E-state index >= 15 is 0 Å². The summed E-state index contributed by atoms with van der Waals surface area (Å²) in [6.07, 6.45) is 3.69. The number of nitrogens with zero attached hydrogens (tertiary/aromatic N) is 2. The summed E-state index contributed by atoms with van der Waals surface area (Å²) in [6.45, 7) is 4.66. The number of thioether (sulfide) groups is 1. The molecule has 0 radical (unpaired) electrons. The smallest absolute Gasteiger partial charge is 0.300 e. The van der Waals surface area contributed by atoms with Crippen molar-refractivity contribution >= 4 is 11.8 Å². The third kappa shape index (κ3) is 5.16. The third-order valence-corrected chi connectivity index (χ3v) is 6.97. The predicted octanol–water partition coefficient (Wildman–Crippen LogP) is 5.59. The van der Waals surface area contributed by atoms with E-state index in [1.54, 1.807) is 6.07 Å². The van der Waals surface area contributed by atoms with Crippen LogP contribution in [0.2, 0.25) is 0 Å². The van der Waals surface area contributed by atoms with Crippen molar-refractivity contribution in [2.45, 2.75) is 63.6 Å². The normalized spacial score (nSPS) is 28.2. The first-order valence-corrected chi connectivity index (χ1v) is 11.0. The molecular weight excluding hydrogens is 357 g/mol. The number of hydrogen-bond donors (Lipinski definition) is 0. The highest BCUT2D eigenvalue weighted by Gasteiger charge is 2.32. The van der Waals surface area contributed by atoms with Crippen LogP contribution in [0.4, 0.5) is 13.2 Å². The molecular formula is C20H29F3N2S. The van der Waals surface area contributed by atoms with Crippen molar-refractivity contribution in [2.75, 3.05) is 24.6 Å². The maximum Gasteiger partial charge on any atom is 0.417 e. The molecule has 1 saturated heterocycles. The van der Waals surface area contributed by atoms with Crippen molar-refractivity contribution in [2.24, 2.45) is 5.92 Å². The number of rotatable bonds is 5. The van der Waals surface area contributed by atoms with Crippen molar-refractivity contribution in [1.29, 1.82) is 0 Å². The van der Waals surface area contributed by atoms with Crippen molar-refractivity contribution in [3.63, 3.8) is 0 Å². The van der Waals surface area contributed by atoms with E-state index in [0.717, 1.165) is 43.5 Å². The number of hydrogen-bond acceptors (Lipinski definition) is 3. The molecule has 1 aromatic rings. The molecule has 1 aliphatic heterocycles. The number of aromatic nitrogens is 1. The average Bonchev–Trinajstić information content (AvgIpc) is 2.66. The van der Waals surface area contributed by atoms with Crippen molar-refractivity contribution in [1.82, 2.24) is 9.88 Å². The van der Waals surface area contributed by atoms with E-state index < -0.39 is 11.7 Å². The minimum atomic E-state index is -4.30. The SMILES string of the molecule is CCSCC1CCCN(C2CCC(c3ccc(C(F)(F)F)cn3)CC2)C1. The lowest BCUT2D eigenvalue weighted by Crippen LogP contribution is -2.44. The average molecular weight is 387 g/mol. The van der Waals surface area contributed by atoms with Gasteiger partial charge in [-0.05, 0) is 74.6 Å². The first-order valence-electron chi connectivity index (χ1n) is 9.82. The van der Waals surface area contributed by atoms with Gasteiger partial charge < -0.3 is 4.90 Å². The van der Waals surface area contributed by atoms with Crippen LogP contribution in [0.25, 0.3) is 0 Å². The highest BCUT2D eigenvalue weighted by molar-refractivity contribution is 7.99. The van der Waals surface area contributed by atoms with Gasteiger partial charge >= 0.3 is 6.18 Å². The molecule has 0 spiro atoms. The van der Waals surface area contributed by atoms with E-state index in [1.807, 2.05) is 11.8 Å². The van der Waals surface area contributed by atoms with E-state index in [0.29, 0.717) is 12.0 Å². The Morgan fingerprint density at radius 2 is 1.92 bits per heavy atom. The van der Waals surface area contributed by atoms with Gasteiger partial charge in [-0.2, -0.15) is 24.9 Å². The summed E-state index contributed by atoms with van der Waals surface area (Å²) in [5, 5.41) is 0. The Balaban J connectivity index is 1.51. The van der Waals surface area contributed by atoms with Gasteiger partial charge in [0.15, 0.2) is 0 Å². The van der Waals surface area contributed by atoms with Gasteiger partial charge in [0.1, 0.15) is 0 Å². The summed E-state index contributed by atoms with van der Waals surface area (Å²) in [5.74, 6) is 3.60. The number of pyridine rings is 1. The number of alkyl halides is 3. The monoisotopic (exact) mass is 386 g/mol. The van der Waals surface area contributed by atoms with Gasteiger partial charge in [-0.1, -0.05) is 6.92 Å². The van der Waals surface area contributed by atoms with Gasteiger partial charge in [-0.3, -0.25) is 4.98 Å². The lowest BCUT2D eigenvalue weighted by molar-refractivity contribution is -0.137. The molecule has 146 valence electrons. The maximum absolute atomic E-state index is 12.7. The minimum Gasteiger partial charge on any atom is -0.300 e. The molecule has 1 atom stereocenters. The lowest BCUT2D eigenvalue weighted by atomic mass is 9.82. The molecule has 2 nitrogen and oxygen atoms in total. The highest BCUT2D eigenvalue weighted by atomic mass is 32.2. The van der Waals surface area contributed by atoms with Crippen LogP contribution in [0.5, 0.6) is 0 Å². The summed E-state index contributed by atoms with van der Waals surface area (Å²) in [7, 11) is 0. The maximum atomic E-state index is 12.7. The van der Waals surface area contributed by atoms with Gasteiger partial charge in [0.05, 0.1) is 5.56 Å². The Labute approximate surface area is 158 Å². The molecule has 0 bridgehead atoms. The Kier molecular flexibility index (Phi) is 6.89. The van der Waals surface area contributed by atoms with E-state index in [2.05, 4.69) is 16.8 Å². The lowest BCUT2D eigenvalue weighted by Gasteiger charge is -2.41. The van der Waals surface area contributed by atoms with Gasteiger partial charge in [-0.15, -0.1) is 0 Å². The van der Waals surface area contributed by atoms with Crippen molar-refractivity contribution < 1.29 is 13.2 Å². The highest BCUT2D eigenvalue weighted by Crippen LogP contribution is 2.36. The topological polar surface area (TPSA) is 16.1 Å². The molecule has 2 heterocycles. The number of likely N-dealkylation sites (tertiary alicyclic amines) is 1. The van der Waals surface area contributed by atoms with E-state index in [-0.39, 0.29) is 0 Å². The van der Waals surface area contributed by atoms with Crippen LogP contribution in [0.3, 0.4) is 0 Å². The zero-order valence-corrected chi connectivity index (χ0v) is 16.3. The Morgan fingerprint density at radius 1 is 1.15 bits per heavy atom. The first-order chi connectivity index (χ1) is 12.5. The first kappa shape index (κ1) is 20.0. The second-order valence-electron chi connectivity index (χ2n) is 7.64. The number of piperidine rings is 1. The molecule has 0 aromatic carbocycles. The molecule has 1 aromatic heterocycles. The third-order valence-electron chi connectivity index (χ3n) is 5.85. The van der Waals surface area contributed by atoms with Crippen LogP contribution in [0.15, 0.2) is 18.3 Å². The van der Waals surface area contributed by atoms with Gasteiger partial charge in [0, 0.05) is 30.4 Å². The molecule has 1 saturated carbocycles. The quantitative estimate of drug-likeness (QED) is 0.656. The van der Waals surface area contributed by atoms with E-state index in [4.69, 9.17) is 0 Å². The molecule has 1 unspecified atom stereocenters. The Hall–Kier alpha value is -0.750. The van der Waals surface area contributed by atoms with Crippen LogP contribution in [0.1, 0.15) is 62.6 Å². The van der Waals surface area contributed by atoms with Gasteiger partial charge in [-0.25, -0.2) is 0 Å².